The Bertz CT molecular complexity index is 1950. The molecule has 5 aromatic rings. The zero-order valence-corrected chi connectivity index (χ0v) is 26.0. The number of rotatable bonds is 6. The van der Waals surface area contributed by atoms with Gasteiger partial charge in [-0.2, -0.15) is 16.7 Å². The Labute approximate surface area is 261 Å². The molecule has 1 saturated carbocycles. The summed E-state index contributed by atoms with van der Waals surface area (Å²) >= 11 is 3.11. The normalized spacial score (nSPS) is 15.8. The lowest BCUT2D eigenvalue weighted by atomic mass is 10.1. The number of hydrogen-bond acceptors (Lipinski definition) is 11. The first-order valence-electron chi connectivity index (χ1n) is 14.6. The standard InChI is InChI=1S/C31H32N6O5S2/c1-35(2)30(41)22-11-17-15-32-31(34-29(17)37(22)18-5-3-4-6-18)33-21-13-23(38)19(12-24(21)39)20-16-44-28-25(40)14-26(42-27(20)28)36-7-9-43-10-8-36/h11-16,18,38-39H,3-10H2,1-2H3,(H,32,33,34). The van der Waals surface area contributed by atoms with Gasteiger partial charge >= 0.3 is 0 Å². The summed E-state index contributed by atoms with van der Waals surface area (Å²) in [7, 11) is 3.46. The van der Waals surface area contributed by atoms with Crippen LogP contribution in [0.25, 0.3) is 32.4 Å². The number of thioether (sulfide) groups is 1. The molecule has 3 N–H and O–H groups in total. The fourth-order valence-corrected chi connectivity index (χ4v) is 7.87. The van der Waals surface area contributed by atoms with E-state index in [1.54, 1.807) is 30.6 Å². The van der Waals surface area contributed by atoms with Gasteiger partial charge < -0.3 is 34.3 Å². The van der Waals surface area contributed by atoms with E-state index in [-0.39, 0.29) is 40.5 Å². The molecule has 0 spiro atoms. The second-order valence-electron chi connectivity index (χ2n) is 11.4. The Hall–Kier alpha value is -4.23. The van der Waals surface area contributed by atoms with Gasteiger partial charge in [0.2, 0.25) is 11.4 Å². The maximum atomic E-state index is 13.0. The SMILES string of the molecule is CN(C)C(=O)c1cc2cnc(Nc3cc(O)c(-c4csc5c(=O)cc(N6CCSCC6)oc45)cc3O)nc2n1C1CCCC1. The largest absolute Gasteiger partial charge is 0.507 e. The zero-order chi connectivity index (χ0) is 30.5. The van der Waals surface area contributed by atoms with Crippen LogP contribution in [-0.2, 0) is 0 Å². The fourth-order valence-electron chi connectivity index (χ4n) is 6.06. The van der Waals surface area contributed by atoms with Crippen LogP contribution in [0.1, 0.15) is 42.2 Å². The number of hydrogen-bond donors (Lipinski definition) is 3. The van der Waals surface area contributed by atoms with Crippen molar-refractivity contribution >= 4 is 67.8 Å². The van der Waals surface area contributed by atoms with Crippen molar-refractivity contribution < 1.29 is 19.4 Å². The number of amides is 1. The van der Waals surface area contributed by atoms with E-state index in [0.29, 0.717) is 38.6 Å². The van der Waals surface area contributed by atoms with Crippen LogP contribution in [0.15, 0.2) is 45.1 Å². The maximum absolute atomic E-state index is 13.0. The molecule has 1 aliphatic heterocycles. The third-order valence-electron chi connectivity index (χ3n) is 8.29. The van der Waals surface area contributed by atoms with Crippen LogP contribution in [0.2, 0.25) is 0 Å². The fraction of sp³-hybridized carbons (Fsp3) is 0.355. The van der Waals surface area contributed by atoms with Crippen molar-refractivity contribution in [3.8, 4) is 22.6 Å². The van der Waals surface area contributed by atoms with E-state index in [2.05, 4.69) is 15.2 Å². The van der Waals surface area contributed by atoms with Crippen LogP contribution in [0.5, 0.6) is 11.5 Å². The number of carbonyl (C=O) groups excluding carboxylic acids is 1. The monoisotopic (exact) mass is 632 g/mol. The Morgan fingerprint density at radius 2 is 1.84 bits per heavy atom. The summed E-state index contributed by atoms with van der Waals surface area (Å²) in [5.74, 6) is 2.30. The highest BCUT2D eigenvalue weighted by atomic mass is 32.2. The summed E-state index contributed by atoms with van der Waals surface area (Å²) in [4.78, 5) is 38.8. The van der Waals surface area contributed by atoms with Crippen LogP contribution in [0.4, 0.5) is 17.5 Å². The minimum absolute atomic E-state index is 0.0959. The minimum atomic E-state index is -0.137. The summed E-state index contributed by atoms with van der Waals surface area (Å²) in [6.07, 6.45) is 5.78. The van der Waals surface area contributed by atoms with E-state index in [4.69, 9.17) is 9.40 Å². The molecule has 1 amide bonds. The Morgan fingerprint density at radius 1 is 1.07 bits per heavy atom. The molecule has 1 saturated heterocycles. The smallest absolute Gasteiger partial charge is 0.270 e. The van der Waals surface area contributed by atoms with Gasteiger partial charge in [0.1, 0.15) is 27.5 Å². The lowest BCUT2D eigenvalue weighted by molar-refractivity contribution is 0.0815. The molecule has 5 heterocycles. The average molecular weight is 633 g/mol. The molecule has 1 aromatic carbocycles. The van der Waals surface area contributed by atoms with Crippen LogP contribution >= 0.6 is 23.1 Å². The van der Waals surface area contributed by atoms with Crippen molar-refractivity contribution in [2.75, 3.05) is 48.9 Å². The molecule has 2 aliphatic rings. The molecule has 4 aromatic heterocycles. The van der Waals surface area contributed by atoms with E-state index in [9.17, 15) is 19.8 Å². The second-order valence-corrected chi connectivity index (χ2v) is 13.5. The number of nitrogens with one attached hydrogen (secondary N) is 1. The number of thiophene rings is 1. The predicted octanol–water partition coefficient (Wildman–Crippen LogP) is 5.79. The summed E-state index contributed by atoms with van der Waals surface area (Å²) in [5, 5.41) is 27.7. The third-order valence-corrected chi connectivity index (χ3v) is 10.2. The van der Waals surface area contributed by atoms with Crippen LogP contribution in [0, 0.1) is 0 Å². The van der Waals surface area contributed by atoms with E-state index >= 15 is 0 Å². The van der Waals surface area contributed by atoms with Crippen LogP contribution in [0.3, 0.4) is 0 Å². The van der Waals surface area contributed by atoms with Crippen molar-refractivity contribution in [1.29, 1.82) is 0 Å². The van der Waals surface area contributed by atoms with E-state index in [1.165, 1.54) is 29.5 Å². The molecule has 0 unspecified atom stereocenters. The molecule has 0 radical (unpaired) electrons. The highest BCUT2D eigenvalue weighted by Crippen LogP contribution is 2.43. The minimum Gasteiger partial charge on any atom is -0.507 e. The number of benzene rings is 1. The van der Waals surface area contributed by atoms with Crippen LogP contribution < -0.4 is 15.6 Å². The summed E-state index contributed by atoms with van der Waals surface area (Å²) < 4.78 is 8.70. The molecule has 44 heavy (non-hydrogen) atoms. The third kappa shape index (κ3) is 5.03. The average Bonchev–Trinajstić information content (AvgIpc) is 3.77. The predicted molar refractivity (Wildman–Crippen MR) is 175 cm³/mol. The Balaban J connectivity index is 1.24. The number of anilines is 3. The van der Waals surface area contributed by atoms with Crippen molar-refractivity contribution in [2.45, 2.75) is 31.7 Å². The molecule has 11 nitrogen and oxygen atoms in total. The van der Waals surface area contributed by atoms with Gasteiger partial charge in [0.15, 0.2) is 11.5 Å². The van der Waals surface area contributed by atoms with Gasteiger partial charge in [-0.1, -0.05) is 12.8 Å². The molecular weight excluding hydrogens is 601 g/mol. The van der Waals surface area contributed by atoms with Crippen molar-refractivity contribution in [2.24, 2.45) is 0 Å². The molecule has 2 fully saturated rings. The first kappa shape index (κ1) is 28.5. The van der Waals surface area contributed by atoms with Gasteiger partial charge in [-0.15, -0.1) is 11.3 Å². The van der Waals surface area contributed by atoms with Crippen molar-refractivity contribution in [3.05, 3.63) is 51.8 Å². The zero-order valence-electron chi connectivity index (χ0n) is 24.4. The first-order chi connectivity index (χ1) is 21.3. The summed E-state index contributed by atoms with van der Waals surface area (Å²) in [6.45, 7) is 1.58. The van der Waals surface area contributed by atoms with E-state index < -0.39 is 0 Å². The van der Waals surface area contributed by atoms with Crippen molar-refractivity contribution in [3.63, 3.8) is 0 Å². The Kier molecular flexibility index (Phi) is 7.37. The molecule has 0 bridgehead atoms. The summed E-state index contributed by atoms with van der Waals surface area (Å²) in [5.41, 5.74) is 2.54. The molecule has 13 heteroatoms. The highest BCUT2D eigenvalue weighted by Gasteiger charge is 2.27. The molecule has 1 aliphatic carbocycles. The van der Waals surface area contributed by atoms with Crippen molar-refractivity contribution in [1.82, 2.24) is 19.4 Å². The van der Waals surface area contributed by atoms with Gasteiger partial charge in [0, 0.05) is 85.0 Å². The number of phenols is 2. The molecule has 0 atom stereocenters. The number of aromatic nitrogens is 3. The van der Waals surface area contributed by atoms with Crippen LogP contribution in [-0.4, -0.2) is 74.2 Å². The number of aromatic hydroxyl groups is 2. The summed E-state index contributed by atoms with van der Waals surface area (Å²) in [6, 6.07) is 6.37. The van der Waals surface area contributed by atoms with Gasteiger partial charge in [0.05, 0.1) is 5.69 Å². The lowest BCUT2D eigenvalue weighted by Crippen LogP contribution is -2.32. The molecule has 228 valence electrons. The van der Waals surface area contributed by atoms with E-state index in [0.717, 1.165) is 55.7 Å². The maximum Gasteiger partial charge on any atom is 0.270 e. The van der Waals surface area contributed by atoms with Gasteiger partial charge in [0.25, 0.3) is 5.91 Å². The van der Waals surface area contributed by atoms with Gasteiger partial charge in [-0.05, 0) is 25.0 Å². The number of phenolic OH excluding ortho intramolecular Hbond substituents is 2. The number of nitrogens with zero attached hydrogens (tertiary/aromatic N) is 5. The topological polar surface area (TPSA) is 137 Å². The Morgan fingerprint density at radius 3 is 2.59 bits per heavy atom. The lowest BCUT2D eigenvalue weighted by Gasteiger charge is -2.26. The first-order valence-corrected chi connectivity index (χ1v) is 16.6. The highest BCUT2D eigenvalue weighted by molar-refractivity contribution is 7.99. The molecule has 7 rings (SSSR count). The molecular formula is C31H32N6O5S2. The van der Waals surface area contributed by atoms with Gasteiger partial charge in [-0.25, -0.2) is 4.98 Å². The number of carbonyl (C=O) groups is 1. The quantitative estimate of drug-likeness (QED) is 0.156. The van der Waals surface area contributed by atoms with Gasteiger partial charge in [-0.3, -0.25) is 9.59 Å². The number of fused-ring (bicyclic) bond motifs is 2. The second kappa shape index (κ2) is 11.4. The van der Waals surface area contributed by atoms with E-state index in [1.807, 2.05) is 22.4 Å².